The first-order chi connectivity index (χ1) is 14.1. The number of anilines is 1. The van der Waals surface area contributed by atoms with Crippen LogP contribution in [0, 0.1) is 0 Å². The van der Waals surface area contributed by atoms with Crippen LogP contribution in [0.1, 0.15) is 23.2 Å². The first-order valence-electron chi connectivity index (χ1n) is 9.64. The van der Waals surface area contributed by atoms with E-state index in [-0.39, 0.29) is 11.9 Å². The summed E-state index contributed by atoms with van der Waals surface area (Å²) in [5, 5.41) is 11.2. The van der Waals surface area contributed by atoms with Gasteiger partial charge in [-0.25, -0.2) is 0 Å². The Balaban J connectivity index is 1.45. The fourth-order valence-corrected chi connectivity index (χ4v) is 3.83. The minimum atomic E-state index is -0.178. The third-order valence-corrected chi connectivity index (χ3v) is 5.37. The van der Waals surface area contributed by atoms with Gasteiger partial charge in [-0.3, -0.25) is 9.89 Å². The maximum Gasteiger partial charge on any atom is 0.255 e. The highest BCUT2D eigenvalue weighted by Gasteiger charge is 2.24. The summed E-state index contributed by atoms with van der Waals surface area (Å²) in [6.45, 7) is 1.61. The molecular formula is C22H23ClN4O2. The zero-order chi connectivity index (χ0) is 20.2. The molecule has 1 unspecified atom stereocenters. The van der Waals surface area contributed by atoms with Crippen LogP contribution in [0.15, 0.2) is 54.6 Å². The van der Waals surface area contributed by atoms with Crippen LogP contribution in [-0.2, 0) is 0 Å². The summed E-state index contributed by atoms with van der Waals surface area (Å²) >= 11 is 6.06. The van der Waals surface area contributed by atoms with Crippen molar-refractivity contribution in [1.29, 1.82) is 0 Å². The van der Waals surface area contributed by atoms with E-state index in [0.717, 1.165) is 36.5 Å². The largest absolute Gasteiger partial charge is 0.496 e. The molecule has 3 aromatic rings. The maximum absolute atomic E-state index is 12.8. The van der Waals surface area contributed by atoms with Crippen LogP contribution in [0.3, 0.4) is 0 Å². The quantitative estimate of drug-likeness (QED) is 0.663. The van der Waals surface area contributed by atoms with Crippen molar-refractivity contribution < 1.29 is 9.53 Å². The number of nitrogens with zero attached hydrogens (tertiary/aromatic N) is 2. The summed E-state index contributed by atoms with van der Waals surface area (Å²) in [7, 11) is 1.55. The van der Waals surface area contributed by atoms with Crippen molar-refractivity contribution in [2.24, 2.45) is 0 Å². The van der Waals surface area contributed by atoms with E-state index < -0.39 is 0 Å². The molecule has 7 heteroatoms. The molecule has 6 nitrogen and oxygen atoms in total. The Morgan fingerprint density at radius 2 is 2.07 bits per heavy atom. The van der Waals surface area contributed by atoms with Crippen LogP contribution in [0.4, 0.5) is 5.82 Å². The van der Waals surface area contributed by atoms with Crippen molar-refractivity contribution in [3.8, 4) is 17.0 Å². The molecule has 1 atom stereocenters. The molecule has 1 saturated heterocycles. The Morgan fingerprint density at radius 3 is 2.86 bits per heavy atom. The molecule has 1 aliphatic heterocycles. The molecule has 150 valence electrons. The lowest BCUT2D eigenvalue weighted by molar-refractivity contribution is 0.0930. The van der Waals surface area contributed by atoms with E-state index in [1.165, 1.54) is 0 Å². The molecule has 0 bridgehead atoms. The molecule has 1 fully saturated rings. The summed E-state index contributed by atoms with van der Waals surface area (Å²) < 4.78 is 5.30. The van der Waals surface area contributed by atoms with Gasteiger partial charge in [0.15, 0.2) is 5.82 Å². The molecule has 0 saturated carbocycles. The van der Waals surface area contributed by atoms with Gasteiger partial charge in [-0.15, -0.1) is 0 Å². The van der Waals surface area contributed by atoms with Gasteiger partial charge in [-0.2, -0.15) is 5.10 Å². The number of carbonyl (C=O) groups excluding carboxylic acids is 1. The molecule has 1 amide bonds. The van der Waals surface area contributed by atoms with Gasteiger partial charge in [0, 0.05) is 30.2 Å². The molecule has 2 aromatic carbocycles. The van der Waals surface area contributed by atoms with Crippen molar-refractivity contribution in [3.63, 3.8) is 0 Å². The SMILES string of the molecule is COc1ccc(Cl)cc1C(=O)NC1CCCN(c2cc(-c3ccccc3)[nH]n2)C1. The van der Waals surface area contributed by atoms with Gasteiger partial charge in [-0.1, -0.05) is 41.9 Å². The number of benzene rings is 2. The number of amides is 1. The van der Waals surface area contributed by atoms with Gasteiger partial charge in [0.25, 0.3) is 5.91 Å². The van der Waals surface area contributed by atoms with E-state index in [2.05, 4.69) is 38.6 Å². The maximum atomic E-state index is 12.8. The first-order valence-corrected chi connectivity index (χ1v) is 10.0. The highest BCUT2D eigenvalue weighted by atomic mass is 35.5. The highest BCUT2D eigenvalue weighted by molar-refractivity contribution is 6.31. The number of nitrogens with one attached hydrogen (secondary N) is 2. The number of aromatic nitrogens is 2. The van der Waals surface area contributed by atoms with Gasteiger partial charge in [0.1, 0.15) is 5.75 Å². The Kier molecular flexibility index (Phi) is 5.71. The number of piperidine rings is 1. The Labute approximate surface area is 174 Å². The molecule has 29 heavy (non-hydrogen) atoms. The van der Waals surface area contributed by atoms with Crippen LogP contribution >= 0.6 is 11.6 Å². The van der Waals surface area contributed by atoms with Crippen molar-refractivity contribution in [2.75, 3.05) is 25.1 Å². The van der Waals surface area contributed by atoms with Crippen molar-refractivity contribution in [1.82, 2.24) is 15.5 Å². The zero-order valence-corrected chi connectivity index (χ0v) is 16.9. The summed E-state index contributed by atoms with van der Waals surface area (Å²) in [4.78, 5) is 15.0. The number of halogens is 1. The first kappa shape index (κ1) is 19.3. The minimum Gasteiger partial charge on any atom is -0.496 e. The second-order valence-corrected chi connectivity index (χ2v) is 7.55. The number of hydrogen-bond donors (Lipinski definition) is 2. The zero-order valence-electron chi connectivity index (χ0n) is 16.2. The second kappa shape index (κ2) is 8.57. The normalized spacial score (nSPS) is 16.5. The molecule has 0 aliphatic carbocycles. The predicted octanol–water partition coefficient (Wildman–Crippen LogP) is 4.14. The summed E-state index contributed by atoms with van der Waals surface area (Å²) in [5.74, 6) is 1.23. The van der Waals surface area contributed by atoms with E-state index in [1.807, 2.05) is 18.2 Å². The number of ether oxygens (including phenoxy) is 1. The van der Waals surface area contributed by atoms with E-state index >= 15 is 0 Å². The highest BCUT2D eigenvalue weighted by Crippen LogP contribution is 2.25. The van der Waals surface area contributed by atoms with E-state index in [1.54, 1.807) is 25.3 Å². The van der Waals surface area contributed by atoms with Crippen molar-refractivity contribution in [3.05, 3.63) is 65.2 Å². The Morgan fingerprint density at radius 1 is 1.24 bits per heavy atom. The van der Waals surface area contributed by atoms with E-state index in [0.29, 0.717) is 22.9 Å². The number of carbonyl (C=O) groups is 1. The van der Waals surface area contributed by atoms with Gasteiger partial charge >= 0.3 is 0 Å². The third kappa shape index (κ3) is 4.38. The molecule has 0 radical (unpaired) electrons. The number of aromatic amines is 1. The lowest BCUT2D eigenvalue weighted by Gasteiger charge is -2.33. The summed E-state index contributed by atoms with van der Waals surface area (Å²) in [5.41, 5.74) is 2.53. The topological polar surface area (TPSA) is 70.2 Å². The molecule has 1 aliphatic rings. The van der Waals surface area contributed by atoms with E-state index in [9.17, 15) is 4.79 Å². The van der Waals surface area contributed by atoms with Gasteiger partial charge in [-0.05, 0) is 36.6 Å². The molecular weight excluding hydrogens is 388 g/mol. The van der Waals surface area contributed by atoms with Gasteiger partial charge in [0.2, 0.25) is 0 Å². The number of H-pyrrole nitrogens is 1. The molecule has 2 N–H and O–H groups in total. The molecule has 4 rings (SSSR count). The fourth-order valence-electron chi connectivity index (χ4n) is 3.66. The lowest BCUT2D eigenvalue weighted by atomic mass is 10.0. The fraction of sp³-hybridized carbons (Fsp3) is 0.273. The van der Waals surface area contributed by atoms with Crippen LogP contribution in [-0.4, -0.2) is 42.3 Å². The van der Waals surface area contributed by atoms with Crippen LogP contribution in [0.2, 0.25) is 5.02 Å². The summed E-state index contributed by atoms with van der Waals surface area (Å²) in [6, 6.07) is 17.2. The van der Waals surface area contributed by atoms with Crippen LogP contribution in [0.25, 0.3) is 11.3 Å². The van der Waals surface area contributed by atoms with Crippen LogP contribution < -0.4 is 15.0 Å². The standard InChI is InChI=1S/C22H23ClN4O2/c1-29-20-10-9-16(23)12-18(20)22(28)24-17-8-5-11-27(14-17)21-13-19(25-26-21)15-6-3-2-4-7-15/h2-4,6-7,9-10,12-13,17H,5,8,11,14H2,1H3,(H,24,28)(H,25,26). The van der Waals surface area contributed by atoms with Gasteiger partial charge in [0.05, 0.1) is 18.4 Å². The monoisotopic (exact) mass is 410 g/mol. The van der Waals surface area contributed by atoms with Crippen molar-refractivity contribution in [2.45, 2.75) is 18.9 Å². The Bertz CT molecular complexity index is 989. The third-order valence-electron chi connectivity index (χ3n) is 5.14. The second-order valence-electron chi connectivity index (χ2n) is 7.11. The lowest BCUT2D eigenvalue weighted by Crippen LogP contribution is -2.48. The van der Waals surface area contributed by atoms with Crippen molar-refractivity contribution >= 4 is 23.3 Å². The smallest absolute Gasteiger partial charge is 0.255 e. The average Bonchev–Trinajstić information content (AvgIpc) is 3.25. The van der Waals surface area contributed by atoms with E-state index in [4.69, 9.17) is 16.3 Å². The van der Waals surface area contributed by atoms with Gasteiger partial charge < -0.3 is 15.0 Å². The molecule has 1 aromatic heterocycles. The summed E-state index contributed by atoms with van der Waals surface area (Å²) in [6.07, 6.45) is 1.90. The average molecular weight is 411 g/mol. The minimum absolute atomic E-state index is 0.0248. The number of rotatable bonds is 5. The predicted molar refractivity (Wildman–Crippen MR) is 115 cm³/mol. The molecule has 0 spiro atoms. The van der Waals surface area contributed by atoms with Crippen LogP contribution in [0.5, 0.6) is 5.75 Å². The number of hydrogen-bond acceptors (Lipinski definition) is 4. The molecule has 2 heterocycles. The number of methoxy groups -OCH3 is 1. The Hall–Kier alpha value is -2.99.